The molecule has 0 radical (unpaired) electrons. The van der Waals surface area contributed by atoms with Gasteiger partial charge in [-0.05, 0) is 19.4 Å². The van der Waals surface area contributed by atoms with Crippen molar-refractivity contribution < 1.29 is 4.79 Å². The van der Waals surface area contributed by atoms with Gasteiger partial charge in [-0.1, -0.05) is 30.3 Å². The lowest BCUT2D eigenvalue weighted by Crippen LogP contribution is -2.38. The predicted molar refractivity (Wildman–Crippen MR) is 91.9 cm³/mol. The standard InChI is InChI=1S/C18H19N5O/c1-2-23-16(9-10-19-23)17(24)22-12-6-11-21-13-15(20-18(21)22)14-7-4-3-5-8-14/h3-5,7-10,13H,2,6,11-12H2,1H3. The minimum Gasteiger partial charge on any atom is -0.316 e. The van der Waals surface area contributed by atoms with Crippen LogP contribution in [0.15, 0.2) is 48.8 Å². The first-order valence-corrected chi connectivity index (χ1v) is 8.24. The van der Waals surface area contributed by atoms with E-state index in [4.69, 9.17) is 4.98 Å². The molecule has 0 N–H and O–H groups in total. The number of hydrogen-bond donors (Lipinski definition) is 0. The van der Waals surface area contributed by atoms with Gasteiger partial charge in [-0.2, -0.15) is 5.10 Å². The highest BCUT2D eigenvalue weighted by Crippen LogP contribution is 2.27. The van der Waals surface area contributed by atoms with Crippen molar-refractivity contribution in [2.24, 2.45) is 0 Å². The van der Waals surface area contributed by atoms with Crippen molar-refractivity contribution in [1.82, 2.24) is 19.3 Å². The molecular formula is C18H19N5O. The first kappa shape index (κ1) is 14.7. The van der Waals surface area contributed by atoms with Gasteiger partial charge in [0.15, 0.2) is 0 Å². The lowest BCUT2D eigenvalue weighted by molar-refractivity contribution is 0.0970. The maximum Gasteiger partial charge on any atom is 0.278 e. The summed E-state index contributed by atoms with van der Waals surface area (Å²) in [6.07, 6.45) is 4.62. The van der Waals surface area contributed by atoms with E-state index in [0.29, 0.717) is 24.7 Å². The normalized spacial score (nSPS) is 13.8. The Balaban J connectivity index is 1.71. The largest absolute Gasteiger partial charge is 0.316 e. The number of hydrogen-bond acceptors (Lipinski definition) is 3. The van der Waals surface area contributed by atoms with Gasteiger partial charge in [0.05, 0.1) is 5.69 Å². The van der Waals surface area contributed by atoms with Crippen molar-refractivity contribution in [2.45, 2.75) is 26.4 Å². The molecule has 3 heterocycles. The number of amides is 1. The molecule has 2 aromatic heterocycles. The van der Waals surface area contributed by atoms with Crippen molar-refractivity contribution in [3.05, 3.63) is 54.5 Å². The second-order valence-electron chi connectivity index (χ2n) is 5.83. The zero-order chi connectivity index (χ0) is 16.5. The fraction of sp³-hybridized carbons (Fsp3) is 0.278. The molecule has 0 saturated carbocycles. The van der Waals surface area contributed by atoms with Crippen LogP contribution in [0.25, 0.3) is 11.3 Å². The Morgan fingerprint density at radius 2 is 2.00 bits per heavy atom. The summed E-state index contributed by atoms with van der Waals surface area (Å²) in [6.45, 7) is 4.21. The number of anilines is 1. The Morgan fingerprint density at radius 3 is 2.79 bits per heavy atom. The van der Waals surface area contributed by atoms with Gasteiger partial charge < -0.3 is 4.57 Å². The third kappa shape index (κ3) is 2.40. The zero-order valence-electron chi connectivity index (χ0n) is 13.6. The van der Waals surface area contributed by atoms with Crippen molar-refractivity contribution in [3.8, 4) is 11.3 Å². The van der Waals surface area contributed by atoms with E-state index in [9.17, 15) is 4.79 Å². The second-order valence-corrected chi connectivity index (χ2v) is 5.83. The van der Waals surface area contributed by atoms with E-state index in [1.54, 1.807) is 21.8 Å². The molecule has 0 spiro atoms. The van der Waals surface area contributed by atoms with Gasteiger partial charge in [0.1, 0.15) is 5.69 Å². The summed E-state index contributed by atoms with van der Waals surface area (Å²) in [4.78, 5) is 19.5. The number of rotatable bonds is 3. The highest BCUT2D eigenvalue weighted by molar-refractivity contribution is 6.04. The van der Waals surface area contributed by atoms with Crippen LogP contribution < -0.4 is 4.90 Å². The summed E-state index contributed by atoms with van der Waals surface area (Å²) >= 11 is 0. The molecule has 3 aromatic rings. The molecule has 0 unspecified atom stereocenters. The Bertz CT molecular complexity index is 865. The van der Waals surface area contributed by atoms with Crippen LogP contribution in [0.2, 0.25) is 0 Å². The maximum absolute atomic E-state index is 13.0. The van der Waals surface area contributed by atoms with E-state index >= 15 is 0 Å². The molecule has 1 aliphatic rings. The van der Waals surface area contributed by atoms with Crippen molar-refractivity contribution in [1.29, 1.82) is 0 Å². The summed E-state index contributed by atoms with van der Waals surface area (Å²) < 4.78 is 3.79. The number of carbonyl (C=O) groups excluding carboxylic acids is 1. The lowest BCUT2D eigenvalue weighted by atomic mass is 10.2. The van der Waals surface area contributed by atoms with Gasteiger partial charge in [-0.25, -0.2) is 4.98 Å². The molecule has 0 fully saturated rings. The van der Waals surface area contributed by atoms with E-state index < -0.39 is 0 Å². The van der Waals surface area contributed by atoms with Crippen LogP contribution in [0, 0.1) is 0 Å². The summed E-state index contributed by atoms with van der Waals surface area (Å²) in [5.41, 5.74) is 2.56. The monoisotopic (exact) mass is 321 g/mol. The van der Waals surface area contributed by atoms with Crippen LogP contribution in [0.4, 0.5) is 5.95 Å². The summed E-state index contributed by atoms with van der Waals surface area (Å²) in [5, 5.41) is 4.20. The summed E-state index contributed by atoms with van der Waals surface area (Å²) in [7, 11) is 0. The number of fused-ring (bicyclic) bond motifs is 1. The Labute approximate surface area is 140 Å². The average molecular weight is 321 g/mol. The Kier molecular flexibility index (Phi) is 3.65. The van der Waals surface area contributed by atoms with Crippen LogP contribution in [-0.4, -0.2) is 31.8 Å². The average Bonchev–Trinajstić information content (AvgIpc) is 3.28. The van der Waals surface area contributed by atoms with Gasteiger partial charge >= 0.3 is 0 Å². The highest BCUT2D eigenvalue weighted by atomic mass is 16.2. The molecule has 24 heavy (non-hydrogen) atoms. The molecular weight excluding hydrogens is 302 g/mol. The van der Waals surface area contributed by atoms with Crippen molar-refractivity contribution in [3.63, 3.8) is 0 Å². The second kappa shape index (κ2) is 5.96. The number of benzene rings is 1. The predicted octanol–water partition coefficient (Wildman–Crippen LogP) is 2.82. The van der Waals surface area contributed by atoms with Crippen molar-refractivity contribution >= 4 is 11.9 Å². The minimum atomic E-state index is -0.0412. The Morgan fingerprint density at radius 1 is 1.17 bits per heavy atom. The molecule has 0 aliphatic carbocycles. The maximum atomic E-state index is 13.0. The summed E-state index contributed by atoms with van der Waals surface area (Å²) in [6, 6.07) is 11.8. The van der Waals surface area contributed by atoms with Crippen LogP contribution in [0.1, 0.15) is 23.8 Å². The van der Waals surface area contributed by atoms with Crippen molar-refractivity contribution in [2.75, 3.05) is 11.4 Å². The molecule has 0 bridgehead atoms. The van der Waals surface area contributed by atoms with Gasteiger partial charge in [-0.15, -0.1) is 0 Å². The fourth-order valence-electron chi connectivity index (χ4n) is 3.13. The minimum absolute atomic E-state index is 0.0412. The van der Waals surface area contributed by atoms with Crippen LogP contribution in [-0.2, 0) is 13.1 Å². The van der Waals surface area contributed by atoms with Crippen LogP contribution in [0.5, 0.6) is 0 Å². The van der Waals surface area contributed by atoms with Crippen LogP contribution in [0.3, 0.4) is 0 Å². The molecule has 6 heteroatoms. The molecule has 0 atom stereocenters. The third-order valence-corrected chi connectivity index (χ3v) is 4.33. The number of aryl methyl sites for hydroxylation is 2. The molecule has 1 aliphatic heterocycles. The van der Waals surface area contributed by atoms with Gasteiger partial charge in [0.25, 0.3) is 5.91 Å². The lowest BCUT2D eigenvalue weighted by Gasteiger charge is -2.27. The molecule has 1 aromatic carbocycles. The van der Waals surface area contributed by atoms with E-state index in [1.165, 1.54) is 0 Å². The van der Waals surface area contributed by atoms with E-state index in [2.05, 4.69) is 9.67 Å². The topological polar surface area (TPSA) is 56.0 Å². The number of carbonyl (C=O) groups is 1. The first-order chi connectivity index (χ1) is 11.8. The molecule has 4 rings (SSSR count). The SMILES string of the molecule is CCn1nccc1C(=O)N1CCCn2cc(-c3ccccc3)nc21. The number of imidazole rings is 1. The van der Waals surface area contributed by atoms with Gasteiger partial charge in [0.2, 0.25) is 5.95 Å². The fourth-order valence-corrected chi connectivity index (χ4v) is 3.13. The van der Waals surface area contributed by atoms with E-state index in [0.717, 1.165) is 24.2 Å². The van der Waals surface area contributed by atoms with Crippen LogP contribution >= 0.6 is 0 Å². The van der Waals surface area contributed by atoms with Gasteiger partial charge in [0, 0.05) is 37.6 Å². The number of nitrogens with zero attached hydrogens (tertiary/aromatic N) is 5. The molecule has 1 amide bonds. The van der Waals surface area contributed by atoms with E-state index in [1.807, 2.05) is 43.5 Å². The molecule has 6 nitrogen and oxygen atoms in total. The Hall–Kier alpha value is -2.89. The van der Waals surface area contributed by atoms with E-state index in [-0.39, 0.29) is 5.91 Å². The first-order valence-electron chi connectivity index (χ1n) is 8.24. The molecule has 0 saturated heterocycles. The smallest absolute Gasteiger partial charge is 0.278 e. The third-order valence-electron chi connectivity index (χ3n) is 4.33. The molecule has 122 valence electrons. The van der Waals surface area contributed by atoms with Gasteiger partial charge in [-0.3, -0.25) is 14.4 Å². The summed E-state index contributed by atoms with van der Waals surface area (Å²) in [5.74, 6) is 0.675. The zero-order valence-corrected chi connectivity index (χ0v) is 13.6. The highest BCUT2D eigenvalue weighted by Gasteiger charge is 2.28. The quantitative estimate of drug-likeness (QED) is 0.745. The number of aromatic nitrogens is 4.